The summed E-state index contributed by atoms with van der Waals surface area (Å²) in [6.45, 7) is 11.7. The van der Waals surface area contributed by atoms with Crippen LogP contribution in [0.1, 0.15) is 52.1 Å². The van der Waals surface area contributed by atoms with Crippen LogP contribution >= 0.6 is 0 Å². The molecule has 0 radical (unpaired) electrons. The fourth-order valence-electron chi connectivity index (χ4n) is 3.22. The molecule has 1 aromatic carbocycles. The molecule has 2 rings (SSSR count). The van der Waals surface area contributed by atoms with Gasteiger partial charge in [-0.05, 0) is 49.8 Å². The third-order valence-corrected chi connectivity index (χ3v) is 4.67. The summed E-state index contributed by atoms with van der Waals surface area (Å²) in [6, 6.07) is 5.67. The van der Waals surface area contributed by atoms with Crippen molar-refractivity contribution in [3.63, 3.8) is 0 Å². The van der Waals surface area contributed by atoms with Crippen LogP contribution in [0.4, 0.5) is 10.1 Å². The highest BCUT2D eigenvalue weighted by atomic mass is 19.1. The lowest BCUT2D eigenvalue weighted by atomic mass is 9.95. The van der Waals surface area contributed by atoms with Gasteiger partial charge in [-0.3, -0.25) is 0 Å². The van der Waals surface area contributed by atoms with Gasteiger partial charge in [-0.1, -0.05) is 32.9 Å². The average Bonchev–Trinajstić information content (AvgIpc) is 2.94. The van der Waals surface area contributed by atoms with Gasteiger partial charge in [0.2, 0.25) is 0 Å². The van der Waals surface area contributed by atoms with Crippen molar-refractivity contribution < 1.29 is 4.39 Å². The highest BCUT2D eigenvalue weighted by Gasteiger charge is 2.28. The minimum atomic E-state index is -0.0814. The Kier molecular flexibility index (Phi) is 5.63. The van der Waals surface area contributed by atoms with Crippen molar-refractivity contribution in [3.8, 4) is 0 Å². The van der Waals surface area contributed by atoms with Crippen LogP contribution in [0.2, 0.25) is 0 Å². The molecular formula is C18H29FN2. The van der Waals surface area contributed by atoms with Crippen LogP contribution in [0, 0.1) is 17.7 Å². The van der Waals surface area contributed by atoms with Gasteiger partial charge >= 0.3 is 0 Å². The molecule has 1 aliphatic rings. The van der Waals surface area contributed by atoms with Crippen molar-refractivity contribution in [1.82, 2.24) is 5.32 Å². The Hall–Kier alpha value is -1.09. The first-order chi connectivity index (χ1) is 10.0. The van der Waals surface area contributed by atoms with Crippen LogP contribution in [-0.4, -0.2) is 19.6 Å². The molecule has 2 nitrogen and oxygen atoms in total. The van der Waals surface area contributed by atoms with Crippen molar-refractivity contribution >= 4 is 5.69 Å². The van der Waals surface area contributed by atoms with E-state index < -0.39 is 0 Å². The quantitative estimate of drug-likeness (QED) is 0.837. The molecule has 1 heterocycles. The summed E-state index contributed by atoms with van der Waals surface area (Å²) < 4.78 is 14.4. The fraction of sp³-hybridized carbons (Fsp3) is 0.667. The van der Waals surface area contributed by atoms with Crippen LogP contribution in [-0.2, 0) is 0 Å². The van der Waals surface area contributed by atoms with Crippen LogP contribution in [0.15, 0.2) is 18.2 Å². The number of rotatable bonds is 6. The molecule has 2 unspecified atom stereocenters. The summed E-state index contributed by atoms with van der Waals surface area (Å²) in [5.41, 5.74) is 1.91. The third kappa shape index (κ3) is 3.76. The zero-order valence-corrected chi connectivity index (χ0v) is 13.8. The summed E-state index contributed by atoms with van der Waals surface area (Å²) in [4.78, 5) is 2.25. The topological polar surface area (TPSA) is 15.3 Å². The lowest BCUT2D eigenvalue weighted by Gasteiger charge is -2.26. The SMILES string of the molecule is CCCNC(C)c1cccc(F)c1N1CCC(C(C)C)C1. The van der Waals surface area contributed by atoms with Gasteiger partial charge in [-0.15, -0.1) is 0 Å². The van der Waals surface area contributed by atoms with Crippen LogP contribution < -0.4 is 10.2 Å². The smallest absolute Gasteiger partial charge is 0.146 e. The fourth-order valence-corrected chi connectivity index (χ4v) is 3.22. The second kappa shape index (κ2) is 7.26. The number of benzene rings is 1. The average molecular weight is 292 g/mol. The number of hydrogen-bond acceptors (Lipinski definition) is 2. The molecule has 0 aromatic heterocycles. The van der Waals surface area contributed by atoms with E-state index >= 15 is 0 Å². The summed E-state index contributed by atoms with van der Waals surface area (Å²) in [5.74, 6) is 1.26. The molecule has 1 N–H and O–H groups in total. The van der Waals surface area contributed by atoms with Gasteiger partial charge in [-0.25, -0.2) is 4.39 Å². The number of hydrogen-bond donors (Lipinski definition) is 1. The summed E-state index contributed by atoms with van der Waals surface area (Å²) >= 11 is 0. The normalized spacial score (nSPS) is 20.3. The molecule has 21 heavy (non-hydrogen) atoms. The Labute approximate surface area is 128 Å². The highest BCUT2D eigenvalue weighted by molar-refractivity contribution is 5.57. The predicted octanol–water partition coefficient (Wildman–Crippen LogP) is 4.37. The van der Waals surface area contributed by atoms with Crippen molar-refractivity contribution in [3.05, 3.63) is 29.6 Å². The van der Waals surface area contributed by atoms with Gasteiger partial charge in [0.05, 0.1) is 5.69 Å². The Morgan fingerprint density at radius 2 is 2.10 bits per heavy atom. The number of para-hydroxylation sites is 1. The van der Waals surface area contributed by atoms with Gasteiger partial charge in [-0.2, -0.15) is 0 Å². The summed E-state index contributed by atoms with van der Waals surface area (Å²) in [6.07, 6.45) is 2.26. The van der Waals surface area contributed by atoms with Crippen LogP contribution in [0.3, 0.4) is 0 Å². The number of nitrogens with one attached hydrogen (secondary N) is 1. The maximum Gasteiger partial charge on any atom is 0.146 e. The third-order valence-electron chi connectivity index (χ3n) is 4.67. The highest BCUT2D eigenvalue weighted by Crippen LogP contribution is 2.34. The molecule has 0 aliphatic carbocycles. The van der Waals surface area contributed by atoms with Gasteiger partial charge in [0.1, 0.15) is 5.82 Å². The number of nitrogens with zero attached hydrogens (tertiary/aromatic N) is 1. The minimum absolute atomic E-state index is 0.0814. The van der Waals surface area contributed by atoms with Crippen molar-refractivity contribution in [2.45, 2.75) is 46.6 Å². The van der Waals surface area contributed by atoms with E-state index in [-0.39, 0.29) is 11.9 Å². The maximum absolute atomic E-state index is 14.4. The number of halogens is 1. The predicted molar refractivity (Wildman–Crippen MR) is 88.3 cm³/mol. The van der Waals surface area contributed by atoms with Gasteiger partial charge in [0, 0.05) is 19.1 Å². The minimum Gasteiger partial charge on any atom is -0.369 e. The van der Waals surface area contributed by atoms with E-state index in [9.17, 15) is 4.39 Å². The van der Waals surface area contributed by atoms with E-state index in [1.54, 1.807) is 6.07 Å². The van der Waals surface area contributed by atoms with E-state index in [4.69, 9.17) is 0 Å². The van der Waals surface area contributed by atoms with Gasteiger partial charge in [0.15, 0.2) is 0 Å². The molecule has 1 aromatic rings. The second-order valence-electron chi connectivity index (χ2n) is 6.59. The zero-order chi connectivity index (χ0) is 15.4. The zero-order valence-electron chi connectivity index (χ0n) is 13.8. The molecule has 1 aliphatic heterocycles. The molecule has 0 saturated carbocycles. The molecule has 1 saturated heterocycles. The largest absolute Gasteiger partial charge is 0.369 e. The first kappa shape index (κ1) is 16.3. The molecular weight excluding hydrogens is 263 g/mol. The van der Waals surface area contributed by atoms with E-state index in [0.717, 1.165) is 37.3 Å². The molecule has 0 bridgehead atoms. The molecule has 0 amide bonds. The molecule has 0 spiro atoms. The Morgan fingerprint density at radius 3 is 2.71 bits per heavy atom. The first-order valence-electron chi connectivity index (χ1n) is 8.31. The Balaban J connectivity index is 2.22. The molecule has 2 atom stereocenters. The van der Waals surface area contributed by atoms with Gasteiger partial charge in [0.25, 0.3) is 0 Å². The second-order valence-corrected chi connectivity index (χ2v) is 6.59. The lowest BCUT2D eigenvalue weighted by molar-refractivity contribution is 0.422. The summed E-state index contributed by atoms with van der Waals surface area (Å²) in [5, 5.41) is 3.48. The van der Waals surface area contributed by atoms with Gasteiger partial charge < -0.3 is 10.2 Å². The summed E-state index contributed by atoms with van der Waals surface area (Å²) in [7, 11) is 0. The Bertz CT molecular complexity index is 459. The molecule has 3 heteroatoms. The van der Waals surface area contributed by atoms with Crippen molar-refractivity contribution in [2.24, 2.45) is 11.8 Å². The van der Waals surface area contributed by atoms with Crippen LogP contribution in [0.25, 0.3) is 0 Å². The van der Waals surface area contributed by atoms with Crippen LogP contribution in [0.5, 0.6) is 0 Å². The number of anilines is 1. The molecule has 1 fully saturated rings. The Morgan fingerprint density at radius 1 is 1.33 bits per heavy atom. The maximum atomic E-state index is 14.4. The van der Waals surface area contributed by atoms with E-state index in [1.807, 2.05) is 6.07 Å². The molecule has 118 valence electrons. The van der Waals surface area contributed by atoms with Crippen molar-refractivity contribution in [2.75, 3.05) is 24.5 Å². The van der Waals surface area contributed by atoms with Crippen molar-refractivity contribution in [1.29, 1.82) is 0 Å². The van der Waals surface area contributed by atoms with E-state index in [2.05, 4.69) is 44.0 Å². The lowest BCUT2D eigenvalue weighted by Crippen LogP contribution is -2.27. The monoisotopic (exact) mass is 292 g/mol. The standard InChI is InChI=1S/C18H29FN2/c1-5-10-20-14(4)16-7-6-8-17(19)18(16)21-11-9-15(12-21)13(2)3/h6-8,13-15,20H,5,9-12H2,1-4H3. The van der Waals surface area contributed by atoms with E-state index in [0.29, 0.717) is 11.8 Å². The van der Waals surface area contributed by atoms with E-state index in [1.165, 1.54) is 6.42 Å². The first-order valence-corrected chi connectivity index (χ1v) is 8.31.